The molecule has 0 saturated heterocycles. The Morgan fingerprint density at radius 2 is 1.57 bits per heavy atom. The number of benzene rings is 2. The van der Waals surface area contributed by atoms with Crippen LogP contribution in [0.15, 0.2) is 66.7 Å². The maximum Gasteiger partial charge on any atom is 0.153 e. The molecule has 2 N–H and O–H groups in total. The van der Waals surface area contributed by atoms with Crippen molar-refractivity contribution in [2.75, 3.05) is 5.73 Å². The van der Waals surface area contributed by atoms with Crippen molar-refractivity contribution >= 4 is 43.9 Å². The van der Waals surface area contributed by atoms with Crippen LogP contribution in [0.2, 0.25) is 0 Å². The molecule has 5 nitrogen and oxygen atoms in total. The maximum atomic E-state index is 11.3. The standard InChI is InChI=1S/C22H14N4OS/c23-21-15(12-27)11-16-20(24-21)18-17(13-7-3-1-4-8-13)19(25-26-22(18)28-16)14-9-5-2-6-10-14/h1-12H,(H2,23,24). The molecule has 28 heavy (non-hydrogen) atoms. The summed E-state index contributed by atoms with van der Waals surface area (Å²) in [6.07, 6.45) is 0.728. The van der Waals surface area contributed by atoms with Crippen LogP contribution in [0.25, 0.3) is 42.8 Å². The molecule has 0 fully saturated rings. The fourth-order valence-corrected chi connectivity index (χ4v) is 4.40. The Balaban J connectivity index is 1.95. The number of carbonyl (C=O) groups excluding carboxylic acids is 1. The van der Waals surface area contributed by atoms with E-state index in [9.17, 15) is 4.79 Å². The number of rotatable bonds is 3. The van der Waals surface area contributed by atoms with Crippen molar-refractivity contribution in [3.63, 3.8) is 0 Å². The van der Waals surface area contributed by atoms with E-state index in [0.717, 1.165) is 49.1 Å². The van der Waals surface area contributed by atoms with Crippen LogP contribution in [-0.4, -0.2) is 21.5 Å². The lowest BCUT2D eigenvalue weighted by Gasteiger charge is -2.10. The second-order valence-corrected chi connectivity index (χ2v) is 7.40. The van der Waals surface area contributed by atoms with Gasteiger partial charge in [0, 0.05) is 16.5 Å². The quantitative estimate of drug-likeness (QED) is 0.446. The van der Waals surface area contributed by atoms with Gasteiger partial charge in [0.2, 0.25) is 0 Å². The maximum absolute atomic E-state index is 11.3. The van der Waals surface area contributed by atoms with Crippen molar-refractivity contribution in [3.05, 3.63) is 72.3 Å². The van der Waals surface area contributed by atoms with Gasteiger partial charge >= 0.3 is 0 Å². The van der Waals surface area contributed by atoms with Crippen LogP contribution < -0.4 is 5.73 Å². The summed E-state index contributed by atoms with van der Waals surface area (Å²) in [6, 6.07) is 21.8. The van der Waals surface area contributed by atoms with Crippen molar-refractivity contribution in [1.82, 2.24) is 15.2 Å². The molecule has 0 unspecified atom stereocenters. The van der Waals surface area contributed by atoms with Gasteiger partial charge in [0.15, 0.2) is 6.29 Å². The van der Waals surface area contributed by atoms with Crippen LogP contribution in [0.5, 0.6) is 0 Å². The minimum Gasteiger partial charge on any atom is -0.383 e. The number of aromatic nitrogens is 3. The van der Waals surface area contributed by atoms with Gasteiger partial charge in [-0.05, 0) is 11.6 Å². The number of hydrogen-bond donors (Lipinski definition) is 1. The molecule has 0 saturated carbocycles. The zero-order chi connectivity index (χ0) is 19.1. The Hall–Kier alpha value is -3.64. The summed E-state index contributed by atoms with van der Waals surface area (Å²) in [5.41, 5.74) is 10.9. The second-order valence-electron chi connectivity index (χ2n) is 6.37. The molecule has 5 aromatic rings. The number of anilines is 1. The van der Waals surface area contributed by atoms with Gasteiger partial charge in [0.1, 0.15) is 16.3 Å². The van der Waals surface area contributed by atoms with E-state index < -0.39 is 0 Å². The third-order valence-corrected chi connectivity index (χ3v) is 5.68. The van der Waals surface area contributed by atoms with E-state index in [0.29, 0.717) is 5.56 Å². The highest BCUT2D eigenvalue weighted by Gasteiger charge is 2.20. The SMILES string of the molecule is Nc1nc2c(cc1C=O)sc1nnc(-c3ccccc3)c(-c3ccccc3)c12. The number of aldehydes is 1. The number of hydrogen-bond acceptors (Lipinski definition) is 6. The molecule has 134 valence electrons. The highest BCUT2D eigenvalue weighted by molar-refractivity contribution is 7.25. The average molecular weight is 382 g/mol. The fraction of sp³-hybridized carbons (Fsp3) is 0. The lowest BCUT2D eigenvalue weighted by molar-refractivity contribution is 0.112. The lowest BCUT2D eigenvalue weighted by atomic mass is 9.97. The van der Waals surface area contributed by atoms with Crippen molar-refractivity contribution in [1.29, 1.82) is 0 Å². The van der Waals surface area contributed by atoms with Gasteiger partial charge in [0.05, 0.1) is 15.8 Å². The number of pyridine rings is 1. The molecule has 0 spiro atoms. The number of nitrogen functional groups attached to an aromatic ring is 1. The van der Waals surface area contributed by atoms with E-state index in [-0.39, 0.29) is 5.82 Å². The third-order valence-electron chi connectivity index (χ3n) is 4.67. The van der Waals surface area contributed by atoms with Gasteiger partial charge in [0.25, 0.3) is 0 Å². The molecule has 0 amide bonds. The van der Waals surface area contributed by atoms with E-state index in [2.05, 4.69) is 27.3 Å². The van der Waals surface area contributed by atoms with E-state index >= 15 is 0 Å². The number of nitrogens with two attached hydrogens (primary N) is 1. The Morgan fingerprint density at radius 1 is 0.893 bits per heavy atom. The Labute approximate surface area is 164 Å². The molecule has 0 atom stereocenters. The molecule has 5 rings (SSSR count). The first-order valence-electron chi connectivity index (χ1n) is 8.71. The Bertz CT molecular complexity index is 1330. The summed E-state index contributed by atoms with van der Waals surface area (Å²) >= 11 is 1.46. The number of carbonyl (C=O) groups is 1. The minimum atomic E-state index is 0.222. The molecule has 3 heterocycles. The molecule has 0 aliphatic carbocycles. The minimum absolute atomic E-state index is 0.222. The smallest absolute Gasteiger partial charge is 0.153 e. The molecular weight excluding hydrogens is 368 g/mol. The first kappa shape index (κ1) is 16.5. The van der Waals surface area contributed by atoms with Crippen molar-refractivity contribution < 1.29 is 4.79 Å². The lowest BCUT2D eigenvalue weighted by Crippen LogP contribution is -1.97. The van der Waals surface area contributed by atoms with E-state index in [1.165, 1.54) is 11.3 Å². The summed E-state index contributed by atoms with van der Waals surface area (Å²) in [7, 11) is 0. The van der Waals surface area contributed by atoms with Gasteiger partial charge in [-0.1, -0.05) is 60.7 Å². The zero-order valence-corrected chi connectivity index (χ0v) is 15.5. The van der Waals surface area contributed by atoms with Crippen LogP contribution in [0, 0.1) is 0 Å². The van der Waals surface area contributed by atoms with Crippen molar-refractivity contribution in [3.8, 4) is 22.4 Å². The van der Waals surface area contributed by atoms with Gasteiger partial charge in [-0.15, -0.1) is 21.5 Å². The van der Waals surface area contributed by atoms with Crippen LogP contribution in [0.1, 0.15) is 10.4 Å². The largest absolute Gasteiger partial charge is 0.383 e. The Morgan fingerprint density at radius 3 is 2.25 bits per heavy atom. The highest BCUT2D eigenvalue weighted by atomic mass is 32.1. The summed E-state index contributed by atoms with van der Waals surface area (Å²) in [5, 5.41) is 9.92. The van der Waals surface area contributed by atoms with E-state index in [1.54, 1.807) is 6.07 Å². The van der Waals surface area contributed by atoms with Gasteiger partial charge in [-0.2, -0.15) is 0 Å². The monoisotopic (exact) mass is 382 g/mol. The van der Waals surface area contributed by atoms with Crippen LogP contribution >= 0.6 is 11.3 Å². The summed E-state index contributed by atoms with van der Waals surface area (Å²) in [4.78, 5) is 16.6. The predicted octanol–water partition coefficient (Wildman–Crippen LogP) is 4.97. The second kappa shape index (κ2) is 6.51. The topological polar surface area (TPSA) is 81.8 Å². The molecular formula is C22H14N4OS. The van der Waals surface area contributed by atoms with Crippen molar-refractivity contribution in [2.45, 2.75) is 0 Å². The van der Waals surface area contributed by atoms with E-state index in [1.807, 2.05) is 48.5 Å². The number of nitrogens with zero attached hydrogens (tertiary/aromatic N) is 3. The normalized spacial score (nSPS) is 11.1. The van der Waals surface area contributed by atoms with Gasteiger partial charge in [-0.25, -0.2) is 4.98 Å². The molecule has 6 heteroatoms. The van der Waals surface area contributed by atoms with Gasteiger partial charge in [-0.3, -0.25) is 4.79 Å². The molecule has 0 aliphatic rings. The summed E-state index contributed by atoms with van der Waals surface area (Å²) in [6.45, 7) is 0. The van der Waals surface area contributed by atoms with Crippen LogP contribution in [0.4, 0.5) is 5.82 Å². The Kier molecular flexibility index (Phi) is 3.84. The van der Waals surface area contributed by atoms with Crippen molar-refractivity contribution in [2.24, 2.45) is 0 Å². The van der Waals surface area contributed by atoms with Gasteiger partial charge < -0.3 is 5.73 Å². The first-order chi connectivity index (χ1) is 13.8. The summed E-state index contributed by atoms with van der Waals surface area (Å²) in [5.74, 6) is 0.222. The number of fused-ring (bicyclic) bond motifs is 3. The molecule has 0 aliphatic heterocycles. The average Bonchev–Trinajstić information content (AvgIpc) is 3.11. The molecule has 0 radical (unpaired) electrons. The third kappa shape index (κ3) is 2.54. The highest BCUT2D eigenvalue weighted by Crippen LogP contribution is 2.42. The number of thiophene rings is 1. The van der Waals surface area contributed by atoms with E-state index in [4.69, 9.17) is 5.73 Å². The van der Waals surface area contributed by atoms with Crippen LogP contribution in [-0.2, 0) is 0 Å². The molecule has 3 aromatic heterocycles. The zero-order valence-electron chi connectivity index (χ0n) is 14.7. The molecule has 2 aromatic carbocycles. The molecule has 0 bridgehead atoms. The summed E-state index contributed by atoms with van der Waals surface area (Å²) < 4.78 is 0.864. The predicted molar refractivity (Wildman–Crippen MR) is 113 cm³/mol. The first-order valence-corrected chi connectivity index (χ1v) is 9.53. The fourth-order valence-electron chi connectivity index (χ4n) is 3.37. The van der Waals surface area contributed by atoms with Crippen LogP contribution in [0.3, 0.4) is 0 Å².